The van der Waals surface area contributed by atoms with Crippen LogP contribution in [0.25, 0.3) is 0 Å². The quantitative estimate of drug-likeness (QED) is 0.579. The maximum atomic E-state index is 12.5. The fraction of sp³-hybridized carbons (Fsp3) is 0.667. The van der Waals surface area contributed by atoms with Crippen LogP contribution in [-0.2, 0) is 19.1 Å². The number of amides is 1. The van der Waals surface area contributed by atoms with Crippen LogP contribution in [0.5, 0.6) is 0 Å². The molecule has 0 spiro atoms. The fourth-order valence-electron chi connectivity index (χ4n) is 3.39. The Balaban J connectivity index is 2.14. The van der Waals surface area contributed by atoms with Crippen molar-refractivity contribution in [1.82, 2.24) is 5.32 Å². The molecule has 1 fully saturated rings. The van der Waals surface area contributed by atoms with E-state index < -0.39 is 29.8 Å². The van der Waals surface area contributed by atoms with Gasteiger partial charge in [-0.3, -0.25) is 9.59 Å². The molecule has 21 heavy (non-hydrogen) atoms. The Hall–Kier alpha value is -1.85. The minimum atomic E-state index is -0.953. The van der Waals surface area contributed by atoms with Crippen molar-refractivity contribution in [3.8, 4) is 0 Å². The molecule has 0 radical (unpaired) electrons. The Labute approximate surface area is 123 Å². The van der Waals surface area contributed by atoms with E-state index >= 15 is 0 Å². The van der Waals surface area contributed by atoms with Crippen molar-refractivity contribution < 1.29 is 24.2 Å². The van der Waals surface area contributed by atoms with Crippen LogP contribution < -0.4 is 5.32 Å². The van der Waals surface area contributed by atoms with Crippen LogP contribution in [0, 0.1) is 29.6 Å². The van der Waals surface area contributed by atoms with Crippen LogP contribution in [0.3, 0.4) is 0 Å². The van der Waals surface area contributed by atoms with Gasteiger partial charge >= 0.3 is 11.9 Å². The molecule has 0 aromatic heterocycles. The summed E-state index contributed by atoms with van der Waals surface area (Å²) in [5.74, 6) is -3.41. The van der Waals surface area contributed by atoms with Crippen molar-refractivity contribution >= 4 is 17.8 Å². The summed E-state index contributed by atoms with van der Waals surface area (Å²) in [5, 5.41) is 12.0. The predicted octanol–water partition coefficient (Wildman–Crippen LogP) is 0.823. The number of hydrogen-bond acceptors (Lipinski definition) is 4. The van der Waals surface area contributed by atoms with E-state index in [0.717, 1.165) is 0 Å². The van der Waals surface area contributed by atoms with Crippen LogP contribution in [0.1, 0.15) is 20.3 Å². The zero-order valence-corrected chi connectivity index (χ0v) is 12.4. The molecular weight excluding hydrogens is 274 g/mol. The standard InChI is InChI=1S/C15H21NO5/c1-7(2)12(15(20)21-3)16-13(17)10-8-4-5-9(6-8)11(10)14(18)19/h4-5,7-12H,6H2,1-3H3,(H,16,17)(H,18,19). The van der Waals surface area contributed by atoms with Gasteiger partial charge in [0.15, 0.2) is 0 Å². The van der Waals surface area contributed by atoms with E-state index in [1.165, 1.54) is 7.11 Å². The molecule has 6 heteroatoms. The Morgan fingerprint density at radius 2 is 1.76 bits per heavy atom. The molecule has 0 heterocycles. The van der Waals surface area contributed by atoms with E-state index in [1.807, 2.05) is 12.2 Å². The zero-order chi connectivity index (χ0) is 15.7. The Morgan fingerprint density at radius 1 is 1.19 bits per heavy atom. The molecule has 5 unspecified atom stereocenters. The maximum Gasteiger partial charge on any atom is 0.328 e. The second-order valence-electron chi connectivity index (χ2n) is 6.09. The van der Waals surface area contributed by atoms with Crippen LogP contribution in [0.4, 0.5) is 0 Å². The number of aliphatic carboxylic acids is 1. The largest absolute Gasteiger partial charge is 0.481 e. The van der Waals surface area contributed by atoms with Crippen LogP contribution >= 0.6 is 0 Å². The van der Waals surface area contributed by atoms with Crippen molar-refractivity contribution in [2.45, 2.75) is 26.3 Å². The molecule has 2 aliphatic carbocycles. The van der Waals surface area contributed by atoms with Crippen molar-refractivity contribution in [2.24, 2.45) is 29.6 Å². The van der Waals surface area contributed by atoms with Crippen molar-refractivity contribution in [2.75, 3.05) is 7.11 Å². The predicted molar refractivity (Wildman–Crippen MR) is 74.1 cm³/mol. The summed E-state index contributed by atoms with van der Waals surface area (Å²) in [4.78, 5) is 35.6. The SMILES string of the molecule is COC(=O)C(NC(=O)C1C2C=CC(C2)C1C(=O)O)C(C)C. The van der Waals surface area contributed by atoms with Gasteiger partial charge in [0.2, 0.25) is 5.91 Å². The van der Waals surface area contributed by atoms with E-state index in [2.05, 4.69) is 10.1 Å². The van der Waals surface area contributed by atoms with E-state index in [9.17, 15) is 19.5 Å². The highest BCUT2D eigenvalue weighted by molar-refractivity contribution is 5.90. The number of carboxylic acids is 1. The number of carboxylic acid groups (broad SMARTS) is 1. The molecule has 1 saturated carbocycles. The molecule has 2 aliphatic rings. The highest BCUT2D eigenvalue weighted by Crippen LogP contribution is 2.48. The lowest BCUT2D eigenvalue weighted by atomic mass is 9.82. The third-order valence-electron chi connectivity index (χ3n) is 4.47. The monoisotopic (exact) mass is 295 g/mol. The lowest BCUT2D eigenvalue weighted by Gasteiger charge is -2.27. The van der Waals surface area contributed by atoms with Gasteiger partial charge in [-0.15, -0.1) is 0 Å². The number of carbonyl (C=O) groups is 3. The first kappa shape index (κ1) is 15.5. The first-order valence-corrected chi connectivity index (χ1v) is 7.16. The molecule has 0 aromatic carbocycles. The van der Waals surface area contributed by atoms with Gasteiger partial charge in [-0.2, -0.15) is 0 Å². The first-order valence-electron chi connectivity index (χ1n) is 7.16. The summed E-state index contributed by atoms with van der Waals surface area (Å²) in [6, 6.07) is -0.750. The Morgan fingerprint density at radius 3 is 2.24 bits per heavy atom. The second kappa shape index (κ2) is 5.87. The van der Waals surface area contributed by atoms with Gasteiger partial charge in [-0.05, 0) is 24.2 Å². The van der Waals surface area contributed by atoms with E-state index in [-0.39, 0.29) is 23.7 Å². The van der Waals surface area contributed by atoms with Gasteiger partial charge in [0.05, 0.1) is 18.9 Å². The van der Waals surface area contributed by atoms with Crippen molar-refractivity contribution in [3.63, 3.8) is 0 Å². The Bertz CT molecular complexity index is 484. The van der Waals surface area contributed by atoms with Crippen LogP contribution in [0.15, 0.2) is 12.2 Å². The molecule has 2 N–H and O–H groups in total. The average molecular weight is 295 g/mol. The summed E-state index contributed by atoms with van der Waals surface area (Å²) in [7, 11) is 1.27. The van der Waals surface area contributed by atoms with Gasteiger partial charge in [-0.1, -0.05) is 26.0 Å². The fourth-order valence-corrected chi connectivity index (χ4v) is 3.39. The summed E-state index contributed by atoms with van der Waals surface area (Å²) in [5.41, 5.74) is 0. The van der Waals surface area contributed by atoms with Gasteiger partial charge in [0, 0.05) is 0 Å². The first-order chi connectivity index (χ1) is 9.86. The number of rotatable bonds is 5. The molecule has 1 amide bonds. The highest BCUT2D eigenvalue weighted by atomic mass is 16.5. The third kappa shape index (κ3) is 2.80. The lowest BCUT2D eigenvalue weighted by Crippen LogP contribution is -2.49. The van der Waals surface area contributed by atoms with Crippen LogP contribution in [0.2, 0.25) is 0 Å². The molecule has 116 valence electrons. The molecule has 6 nitrogen and oxygen atoms in total. The molecule has 2 bridgehead atoms. The second-order valence-corrected chi connectivity index (χ2v) is 6.09. The number of ether oxygens (including phenoxy) is 1. The van der Waals surface area contributed by atoms with Gasteiger partial charge in [-0.25, -0.2) is 4.79 Å². The minimum absolute atomic E-state index is 0.0541. The smallest absolute Gasteiger partial charge is 0.328 e. The number of allylic oxidation sites excluding steroid dienone is 2. The summed E-state index contributed by atoms with van der Waals surface area (Å²) in [6.07, 6.45) is 4.49. The lowest BCUT2D eigenvalue weighted by molar-refractivity contribution is -0.150. The number of fused-ring (bicyclic) bond motifs is 2. The van der Waals surface area contributed by atoms with Crippen molar-refractivity contribution in [3.05, 3.63) is 12.2 Å². The average Bonchev–Trinajstić information content (AvgIpc) is 3.03. The number of carbonyl (C=O) groups excluding carboxylic acids is 2. The molecule has 2 rings (SSSR count). The van der Waals surface area contributed by atoms with Crippen molar-refractivity contribution in [1.29, 1.82) is 0 Å². The van der Waals surface area contributed by atoms with E-state index in [0.29, 0.717) is 6.42 Å². The molecule has 0 aromatic rings. The number of esters is 1. The topological polar surface area (TPSA) is 92.7 Å². The normalized spacial score (nSPS) is 31.2. The van der Waals surface area contributed by atoms with Gasteiger partial charge < -0.3 is 15.2 Å². The Kier molecular flexibility index (Phi) is 4.34. The maximum absolute atomic E-state index is 12.5. The molecule has 5 atom stereocenters. The van der Waals surface area contributed by atoms with Crippen LogP contribution in [-0.4, -0.2) is 36.1 Å². The summed E-state index contributed by atoms with van der Waals surface area (Å²) < 4.78 is 4.69. The summed E-state index contributed by atoms with van der Waals surface area (Å²) in [6.45, 7) is 3.61. The molecule has 0 saturated heterocycles. The van der Waals surface area contributed by atoms with E-state index in [1.54, 1.807) is 13.8 Å². The number of methoxy groups -OCH3 is 1. The third-order valence-corrected chi connectivity index (χ3v) is 4.47. The minimum Gasteiger partial charge on any atom is -0.481 e. The summed E-state index contributed by atoms with van der Waals surface area (Å²) >= 11 is 0. The highest BCUT2D eigenvalue weighted by Gasteiger charge is 2.52. The number of hydrogen-bond donors (Lipinski definition) is 2. The molecule has 0 aliphatic heterocycles. The van der Waals surface area contributed by atoms with Gasteiger partial charge in [0.1, 0.15) is 6.04 Å². The molecular formula is C15H21NO5. The van der Waals surface area contributed by atoms with Gasteiger partial charge in [0.25, 0.3) is 0 Å². The number of nitrogens with one attached hydrogen (secondary N) is 1. The van der Waals surface area contributed by atoms with E-state index in [4.69, 9.17) is 0 Å². The zero-order valence-electron chi connectivity index (χ0n) is 12.4.